The molecule has 0 radical (unpaired) electrons. The maximum absolute atomic E-state index is 12.9. The molecule has 3 aromatic rings. The van der Waals surface area contributed by atoms with Gasteiger partial charge in [-0.3, -0.25) is 0 Å². The van der Waals surface area contributed by atoms with Crippen molar-refractivity contribution in [1.82, 2.24) is 19.7 Å². The number of methoxy groups -OCH3 is 1. The van der Waals surface area contributed by atoms with Crippen molar-refractivity contribution < 1.29 is 19.4 Å². The molecule has 33 heavy (non-hydrogen) atoms. The molecule has 10 heteroatoms. The Balaban J connectivity index is 2.29. The number of aliphatic hydroxyl groups is 1. The SMILES string of the molecule is CCOC(=O)c1nn(-c2cnc(N(C)C)nc2OC)c(C(C)C)c1C(O)c1ccc(Cl)cc1. The van der Waals surface area contributed by atoms with Gasteiger partial charge in [-0.05, 0) is 30.5 Å². The fraction of sp³-hybridized carbons (Fsp3) is 0.391. The van der Waals surface area contributed by atoms with Crippen molar-refractivity contribution in [3.63, 3.8) is 0 Å². The molecular formula is C23H28ClN5O4. The zero-order valence-electron chi connectivity index (χ0n) is 19.5. The lowest BCUT2D eigenvalue weighted by atomic mass is 9.94. The fourth-order valence-corrected chi connectivity index (χ4v) is 3.60. The van der Waals surface area contributed by atoms with Crippen LogP contribution in [0.2, 0.25) is 5.02 Å². The highest BCUT2D eigenvalue weighted by Crippen LogP contribution is 2.36. The summed E-state index contributed by atoms with van der Waals surface area (Å²) in [6.45, 7) is 5.78. The van der Waals surface area contributed by atoms with Gasteiger partial charge in [0, 0.05) is 24.7 Å². The number of benzene rings is 1. The third-order valence-electron chi connectivity index (χ3n) is 4.98. The van der Waals surface area contributed by atoms with Gasteiger partial charge in [0.1, 0.15) is 11.8 Å². The second-order valence-electron chi connectivity index (χ2n) is 7.85. The molecular weight excluding hydrogens is 446 g/mol. The van der Waals surface area contributed by atoms with Gasteiger partial charge in [-0.25, -0.2) is 14.5 Å². The highest BCUT2D eigenvalue weighted by atomic mass is 35.5. The molecule has 1 aromatic carbocycles. The van der Waals surface area contributed by atoms with Gasteiger partial charge in [0.2, 0.25) is 11.8 Å². The Hall–Kier alpha value is -3.17. The van der Waals surface area contributed by atoms with E-state index in [-0.39, 0.29) is 24.1 Å². The first kappa shape index (κ1) is 24.5. The van der Waals surface area contributed by atoms with Crippen LogP contribution in [0.1, 0.15) is 60.1 Å². The van der Waals surface area contributed by atoms with Crippen LogP contribution in [0.25, 0.3) is 5.69 Å². The first-order chi connectivity index (χ1) is 15.7. The molecule has 1 atom stereocenters. The number of aromatic nitrogens is 4. The van der Waals surface area contributed by atoms with Crippen LogP contribution in [-0.4, -0.2) is 58.6 Å². The molecule has 0 aliphatic heterocycles. The van der Waals surface area contributed by atoms with Gasteiger partial charge >= 0.3 is 5.97 Å². The summed E-state index contributed by atoms with van der Waals surface area (Å²) >= 11 is 6.02. The van der Waals surface area contributed by atoms with Crippen molar-refractivity contribution in [2.45, 2.75) is 32.8 Å². The van der Waals surface area contributed by atoms with Crippen LogP contribution in [-0.2, 0) is 4.74 Å². The first-order valence-electron chi connectivity index (χ1n) is 10.5. The first-order valence-corrected chi connectivity index (χ1v) is 10.9. The Morgan fingerprint density at radius 1 is 1.24 bits per heavy atom. The summed E-state index contributed by atoms with van der Waals surface area (Å²) in [4.78, 5) is 23.4. The van der Waals surface area contributed by atoms with Crippen molar-refractivity contribution in [2.75, 3.05) is 32.7 Å². The summed E-state index contributed by atoms with van der Waals surface area (Å²) in [5.74, 6) is -0.0243. The fourth-order valence-electron chi connectivity index (χ4n) is 3.48. The number of esters is 1. The normalized spacial score (nSPS) is 12.0. The van der Waals surface area contributed by atoms with Gasteiger partial charge in [-0.2, -0.15) is 10.1 Å². The number of carbonyl (C=O) groups is 1. The van der Waals surface area contributed by atoms with Crippen molar-refractivity contribution in [2.24, 2.45) is 0 Å². The van der Waals surface area contributed by atoms with E-state index in [0.717, 1.165) is 0 Å². The summed E-state index contributed by atoms with van der Waals surface area (Å²) < 4.78 is 12.3. The summed E-state index contributed by atoms with van der Waals surface area (Å²) in [6.07, 6.45) is 0.439. The van der Waals surface area contributed by atoms with Crippen molar-refractivity contribution in [1.29, 1.82) is 0 Å². The summed E-state index contributed by atoms with van der Waals surface area (Å²) in [5, 5.41) is 16.4. The van der Waals surface area contributed by atoms with Crippen LogP contribution in [0.5, 0.6) is 5.88 Å². The number of aliphatic hydroxyl groups excluding tert-OH is 1. The molecule has 0 saturated heterocycles. The molecule has 1 N–H and O–H groups in total. The van der Waals surface area contributed by atoms with E-state index in [1.165, 1.54) is 7.11 Å². The van der Waals surface area contributed by atoms with E-state index in [4.69, 9.17) is 21.1 Å². The number of carbonyl (C=O) groups excluding carboxylic acids is 1. The second kappa shape index (κ2) is 10.2. The van der Waals surface area contributed by atoms with E-state index in [0.29, 0.717) is 33.5 Å². The number of anilines is 1. The Labute approximate surface area is 197 Å². The Morgan fingerprint density at radius 2 is 1.91 bits per heavy atom. The van der Waals surface area contributed by atoms with Crippen LogP contribution in [0.3, 0.4) is 0 Å². The molecule has 0 saturated carbocycles. The maximum atomic E-state index is 12.9. The minimum atomic E-state index is -1.14. The van der Waals surface area contributed by atoms with Crippen molar-refractivity contribution in [3.8, 4) is 11.6 Å². The predicted molar refractivity (Wildman–Crippen MR) is 126 cm³/mol. The minimum Gasteiger partial charge on any atom is -0.479 e. The zero-order valence-corrected chi connectivity index (χ0v) is 20.3. The zero-order chi connectivity index (χ0) is 24.3. The Bertz CT molecular complexity index is 1130. The quantitative estimate of drug-likeness (QED) is 0.493. The average molecular weight is 474 g/mol. The number of rotatable bonds is 8. The monoisotopic (exact) mass is 473 g/mol. The van der Waals surface area contributed by atoms with Crippen LogP contribution in [0.15, 0.2) is 30.5 Å². The molecule has 9 nitrogen and oxygen atoms in total. The maximum Gasteiger partial charge on any atom is 0.359 e. The van der Waals surface area contributed by atoms with Gasteiger partial charge in [0.05, 0.1) is 25.6 Å². The molecule has 2 heterocycles. The Morgan fingerprint density at radius 3 is 2.45 bits per heavy atom. The van der Waals surface area contributed by atoms with Crippen molar-refractivity contribution >= 4 is 23.5 Å². The molecule has 176 valence electrons. The number of hydrogen-bond donors (Lipinski definition) is 1. The van der Waals surface area contributed by atoms with Gasteiger partial charge < -0.3 is 19.5 Å². The highest BCUT2D eigenvalue weighted by molar-refractivity contribution is 6.30. The van der Waals surface area contributed by atoms with E-state index in [1.54, 1.807) is 47.0 Å². The van der Waals surface area contributed by atoms with E-state index in [9.17, 15) is 9.90 Å². The lowest BCUT2D eigenvalue weighted by Gasteiger charge is -2.18. The molecule has 0 aliphatic rings. The van der Waals surface area contributed by atoms with Gasteiger partial charge in [0.25, 0.3) is 0 Å². The van der Waals surface area contributed by atoms with E-state index in [2.05, 4.69) is 15.1 Å². The Kier molecular flexibility index (Phi) is 7.55. The highest BCUT2D eigenvalue weighted by Gasteiger charge is 2.32. The molecule has 2 aromatic heterocycles. The number of ether oxygens (including phenoxy) is 2. The largest absolute Gasteiger partial charge is 0.479 e. The molecule has 0 fully saturated rings. The van der Waals surface area contributed by atoms with Crippen LogP contribution < -0.4 is 9.64 Å². The molecule has 0 amide bonds. The van der Waals surface area contributed by atoms with E-state index < -0.39 is 12.1 Å². The lowest BCUT2D eigenvalue weighted by Crippen LogP contribution is -2.15. The molecule has 0 bridgehead atoms. The van der Waals surface area contributed by atoms with Gasteiger partial charge in [-0.1, -0.05) is 37.6 Å². The van der Waals surface area contributed by atoms with Crippen LogP contribution in [0.4, 0.5) is 5.95 Å². The van der Waals surface area contributed by atoms with Gasteiger partial charge in [-0.15, -0.1) is 0 Å². The summed E-state index contributed by atoms with van der Waals surface area (Å²) in [5.41, 5.74) is 1.98. The number of hydrogen-bond acceptors (Lipinski definition) is 8. The van der Waals surface area contributed by atoms with Gasteiger partial charge in [0.15, 0.2) is 5.69 Å². The minimum absolute atomic E-state index is 0.0155. The van der Waals surface area contributed by atoms with E-state index in [1.807, 2.05) is 27.9 Å². The van der Waals surface area contributed by atoms with E-state index >= 15 is 0 Å². The topological polar surface area (TPSA) is 103 Å². The van der Waals surface area contributed by atoms with Crippen LogP contribution in [0, 0.1) is 0 Å². The smallest absolute Gasteiger partial charge is 0.359 e. The lowest BCUT2D eigenvalue weighted by molar-refractivity contribution is 0.0513. The third-order valence-corrected chi connectivity index (χ3v) is 5.23. The number of nitrogens with zero attached hydrogens (tertiary/aromatic N) is 5. The van der Waals surface area contributed by atoms with Crippen LogP contribution >= 0.6 is 11.6 Å². The predicted octanol–water partition coefficient (Wildman–Crippen LogP) is 3.77. The molecule has 1 unspecified atom stereocenters. The number of halogens is 1. The average Bonchev–Trinajstić information content (AvgIpc) is 3.19. The third kappa shape index (κ3) is 4.94. The molecule has 3 rings (SSSR count). The van der Waals surface area contributed by atoms with Crippen molar-refractivity contribution in [3.05, 3.63) is 58.0 Å². The standard InChI is InChI=1S/C23H28ClN5O4/c1-7-33-22(31)18-17(20(30)14-8-10-15(24)11-9-14)19(13(2)3)29(27-18)16-12-25-23(28(4)5)26-21(16)32-6/h8-13,20,30H,7H2,1-6H3. The summed E-state index contributed by atoms with van der Waals surface area (Å²) in [7, 11) is 5.14. The molecule has 0 spiro atoms. The summed E-state index contributed by atoms with van der Waals surface area (Å²) in [6, 6.07) is 6.78. The molecule has 0 aliphatic carbocycles. The second-order valence-corrected chi connectivity index (χ2v) is 8.28.